The zero-order valence-corrected chi connectivity index (χ0v) is 17.6. The number of β-amino-alcohol motifs (C(OH)–C–C–N with tert-alkyl or cyclic N) is 1. The summed E-state index contributed by atoms with van der Waals surface area (Å²) in [6.07, 6.45) is 1.63. The van der Waals surface area contributed by atoms with Crippen molar-refractivity contribution in [2.24, 2.45) is 0 Å². The molecule has 1 fully saturated rings. The number of anilines is 1. The minimum absolute atomic E-state index is 0.224. The van der Waals surface area contributed by atoms with Gasteiger partial charge in [-0.05, 0) is 24.6 Å². The number of pyridine rings is 1. The summed E-state index contributed by atoms with van der Waals surface area (Å²) >= 11 is 6.20. The molecule has 0 bridgehead atoms. The Bertz CT molecular complexity index is 909. The van der Waals surface area contributed by atoms with Crippen molar-refractivity contribution < 1.29 is 19.4 Å². The van der Waals surface area contributed by atoms with Crippen LogP contribution in [0.15, 0.2) is 36.5 Å². The number of nitrogens with zero attached hydrogens (tertiary/aromatic N) is 2. The monoisotopic (exact) mass is 432 g/mol. The zero-order valence-electron chi connectivity index (χ0n) is 16.9. The topological polar surface area (TPSA) is 104 Å². The second-order valence-electron chi connectivity index (χ2n) is 7.21. The molecule has 0 spiro atoms. The molecule has 2 atom stereocenters. The number of carbonyl (C=O) groups excluding carboxylic acids is 2. The average molecular weight is 433 g/mol. The number of aliphatic hydroxyl groups is 1. The number of ether oxygens (including phenoxy) is 1. The van der Waals surface area contributed by atoms with Crippen LogP contribution in [0, 0.1) is 0 Å². The maximum absolute atomic E-state index is 12.8. The summed E-state index contributed by atoms with van der Waals surface area (Å²) in [7, 11) is 1.43. The highest BCUT2D eigenvalue weighted by Gasteiger charge is 2.30. The number of aromatic nitrogens is 1. The van der Waals surface area contributed by atoms with E-state index in [2.05, 4.69) is 20.5 Å². The number of benzene rings is 1. The van der Waals surface area contributed by atoms with Crippen molar-refractivity contribution in [2.45, 2.75) is 32.0 Å². The largest absolute Gasteiger partial charge is 0.496 e. The van der Waals surface area contributed by atoms with Crippen molar-refractivity contribution >= 4 is 29.1 Å². The maximum atomic E-state index is 12.8. The highest BCUT2D eigenvalue weighted by Crippen LogP contribution is 2.31. The van der Waals surface area contributed by atoms with Crippen LogP contribution >= 0.6 is 11.6 Å². The summed E-state index contributed by atoms with van der Waals surface area (Å²) in [5.41, 5.74) is 1.53. The molecule has 9 heteroatoms. The van der Waals surface area contributed by atoms with Gasteiger partial charge in [0.15, 0.2) is 0 Å². The van der Waals surface area contributed by atoms with Gasteiger partial charge in [-0.2, -0.15) is 0 Å². The molecule has 1 saturated heterocycles. The standard InChI is InChI=1S/C21H25ClN4O4/c1-13(27)24-18-10-20(30-2)15(9-16(18)22)21(29)25-17-6-8-26(12-19(17)28)11-14-5-3-4-7-23-14/h3-5,7,9-10,17,19,28H,6,8,11-12H2,1-2H3,(H,24,27)(H,25,29)/t17-,19+/m0/s1. The number of hydrogen-bond donors (Lipinski definition) is 3. The second-order valence-corrected chi connectivity index (χ2v) is 7.61. The van der Waals surface area contributed by atoms with Gasteiger partial charge in [0.2, 0.25) is 5.91 Å². The fourth-order valence-corrected chi connectivity index (χ4v) is 3.67. The highest BCUT2D eigenvalue weighted by atomic mass is 35.5. The van der Waals surface area contributed by atoms with E-state index in [0.29, 0.717) is 25.2 Å². The minimum atomic E-state index is -0.716. The SMILES string of the molecule is COc1cc(NC(C)=O)c(Cl)cc1C(=O)N[C@H]1CCN(Cc2ccccn2)C[C@H]1O. The first kappa shape index (κ1) is 22.0. The lowest BCUT2D eigenvalue weighted by atomic mass is 10.0. The van der Waals surface area contributed by atoms with Gasteiger partial charge >= 0.3 is 0 Å². The summed E-state index contributed by atoms with van der Waals surface area (Å²) in [5, 5.41) is 16.2. The van der Waals surface area contributed by atoms with Crippen molar-refractivity contribution in [3.63, 3.8) is 0 Å². The Labute approximate surface area is 180 Å². The van der Waals surface area contributed by atoms with Crippen LogP contribution in [-0.2, 0) is 11.3 Å². The van der Waals surface area contributed by atoms with Gasteiger partial charge in [-0.1, -0.05) is 17.7 Å². The van der Waals surface area contributed by atoms with E-state index >= 15 is 0 Å². The number of rotatable bonds is 6. The van der Waals surface area contributed by atoms with Gasteiger partial charge in [-0.15, -0.1) is 0 Å². The predicted molar refractivity (Wildman–Crippen MR) is 114 cm³/mol. The third-order valence-electron chi connectivity index (χ3n) is 4.94. The molecule has 2 amide bonds. The van der Waals surface area contributed by atoms with Crippen LogP contribution in [0.2, 0.25) is 5.02 Å². The molecule has 0 saturated carbocycles. The summed E-state index contributed by atoms with van der Waals surface area (Å²) < 4.78 is 5.29. The smallest absolute Gasteiger partial charge is 0.255 e. The number of methoxy groups -OCH3 is 1. The Kier molecular flexibility index (Phi) is 7.25. The van der Waals surface area contributed by atoms with Gasteiger partial charge in [0, 0.05) is 38.8 Å². The van der Waals surface area contributed by atoms with E-state index in [0.717, 1.165) is 12.2 Å². The zero-order chi connectivity index (χ0) is 21.7. The van der Waals surface area contributed by atoms with Gasteiger partial charge < -0.3 is 20.5 Å². The average Bonchev–Trinajstić information content (AvgIpc) is 2.71. The van der Waals surface area contributed by atoms with E-state index in [4.69, 9.17) is 16.3 Å². The Balaban J connectivity index is 1.64. The number of aliphatic hydroxyl groups excluding tert-OH is 1. The molecule has 8 nitrogen and oxygen atoms in total. The van der Waals surface area contributed by atoms with Crippen molar-refractivity contribution in [2.75, 3.05) is 25.5 Å². The van der Waals surface area contributed by atoms with Crippen molar-refractivity contribution in [3.8, 4) is 5.75 Å². The number of piperidine rings is 1. The van der Waals surface area contributed by atoms with E-state index in [9.17, 15) is 14.7 Å². The van der Waals surface area contributed by atoms with Crippen molar-refractivity contribution in [1.29, 1.82) is 0 Å². The number of hydrogen-bond acceptors (Lipinski definition) is 6. The molecular formula is C21H25ClN4O4. The van der Waals surface area contributed by atoms with Crippen molar-refractivity contribution in [3.05, 3.63) is 52.8 Å². The molecule has 1 aromatic heterocycles. The molecule has 30 heavy (non-hydrogen) atoms. The van der Waals surface area contributed by atoms with E-state index in [1.165, 1.54) is 26.2 Å². The minimum Gasteiger partial charge on any atom is -0.496 e. The highest BCUT2D eigenvalue weighted by molar-refractivity contribution is 6.34. The quantitative estimate of drug-likeness (QED) is 0.645. The van der Waals surface area contributed by atoms with Gasteiger partial charge in [0.05, 0.1) is 41.2 Å². The molecule has 3 N–H and O–H groups in total. The second kappa shape index (κ2) is 9.88. The van der Waals surface area contributed by atoms with Crippen LogP contribution in [-0.4, -0.2) is 59.1 Å². The van der Waals surface area contributed by atoms with Crippen LogP contribution in [0.3, 0.4) is 0 Å². The molecule has 160 valence electrons. The summed E-state index contributed by atoms with van der Waals surface area (Å²) in [4.78, 5) is 30.5. The molecule has 1 aliphatic heterocycles. The number of carbonyl (C=O) groups is 2. The number of amides is 2. The molecule has 2 heterocycles. The first-order chi connectivity index (χ1) is 14.4. The fourth-order valence-electron chi connectivity index (χ4n) is 3.46. The van der Waals surface area contributed by atoms with Crippen LogP contribution in [0.5, 0.6) is 5.75 Å². The molecule has 1 aromatic carbocycles. The van der Waals surface area contributed by atoms with E-state index < -0.39 is 18.1 Å². The summed E-state index contributed by atoms with van der Waals surface area (Å²) in [5.74, 6) is -0.398. The van der Waals surface area contributed by atoms with Crippen LogP contribution in [0.4, 0.5) is 5.69 Å². The molecule has 0 radical (unpaired) electrons. The van der Waals surface area contributed by atoms with Crippen molar-refractivity contribution in [1.82, 2.24) is 15.2 Å². The Morgan fingerprint density at radius 1 is 1.37 bits per heavy atom. The van der Waals surface area contributed by atoms with E-state index in [1.807, 2.05) is 18.2 Å². The molecule has 1 aliphatic rings. The first-order valence-corrected chi connectivity index (χ1v) is 10.0. The van der Waals surface area contributed by atoms with Gasteiger partial charge in [0.25, 0.3) is 5.91 Å². The lowest BCUT2D eigenvalue weighted by Gasteiger charge is -2.36. The lowest BCUT2D eigenvalue weighted by molar-refractivity contribution is -0.114. The lowest BCUT2D eigenvalue weighted by Crippen LogP contribution is -2.53. The predicted octanol–water partition coefficient (Wildman–Crippen LogP) is 2.07. The summed E-state index contributed by atoms with van der Waals surface area (Å²) in [6, 6.07) is 8.30. The Morgan fingerprint density at radius 2 is 2.17 bits per heavy atom. The Morgan fingerprint density at radius 3 is 2.80 bits per heavy atom. The third-order valence-corrected chi connectivity index (χ3v) is 5.25. The fraction of sp³-hybridized carbons (Fsp3) is 0.381. The number of halogens is 1. The molecule has 2 aromatic rings. The maximum Gasteiger partial charge on any atom is 0.255 e. The van der Waals surface area contributed by atoms with E-state index in [1.54, 1.807) is 6.20 Å². The van der Waals surface area contributed by atoms with Crippen LogP contribution < -0.4 is 15.4 Å². The summed E-state index contributed by atoms with van der Waals surface area (Å²) in [6.45, 7) is 3.16. The van der Waals surface area contributed by atoms with Gasteiger partial charge in [-0.25, -0.2) is 0 Å². The molecule has 0 unspecified atom stereocenters. The normalized spacial score (nSPS) is 19.2. The third kappa shape index (κ3) is 5.47. The molecule has 0 aliphatic carbocycles. The Hall–Kier alpha value is -2.68. The molecular weight excluding hydrogens is 408 g/mol. The van der Waals surface area contributed by atoms with E-state index in [-0.39, 0.29) is 22.2 Å². The van der Waals surface area contributed by atoms with Gasteiger partial charge in [-0.3, -0.25) is 19.5 Å². The first-order valence-electron chi connectivity index (χ1n) is 9.63. The molecule has 3 rings (SSSR count). The number of likely N-dealkylation sites (tertiary alicyclic amines) is 1. The van der Waals surface area contributed by atoms with Crippen LogP contribution in [0.1, 0.15) is 29.4 Å². The van der Waals surface area contributed by atoms with Crippen LogP contribution in [0.25, 0.3) is 0 Å². The van der Waals surface area contributed by atoms with Gasteiger partial charge in [0.1, 0.15) is 5.75 Å². The number of nitrogens with one attached hydrogen (secondary N) is 2.